The molecule has 0 rings (SSSR count). The highest BCUT2D eigenvalue weighted by atomic mass is 16.3. The largest absolute Gasteiger partial charge is 0.513 e. The summed E-state index contributed by atoms with van der Waals surface area (Å²) in [7, 11) is 0. The molecule has 0 aromatic carbocycles. The van der Waals surface area contributed by atoms with Gasteiger partial charge in [0.05, 0.1) is 5.76 Å². The molecule has 0 aliphatic heterocycles. The van der Waals surface area contributed by atoms with Crippen molar-refractivity contribution in [1.29, 1.82) is 0 Å². The first kappa shape index (κ1) is 18.6. The summed E-state index contributed by atoms with van der Waals surface area (Å²) < 4.78 is 0. The first-order valence-corrected chi connectivity index (χ1v) is 7.07. The number of hydrogen-bond acceptors (Lipinski definition) is 1. The zero-order valence-electron chi connectivity index (χ0n) is 12.9. The average Bonchev–Trinajstić information content (AvgIpc) is 2.30. The van der Waals surface area contributed by atoms with Crippen molar-refractivity contribution in [3.8, 4) is 0 Å². The maximum atomic E-state index is 9.15. The fourth-order valence-electron chi connectivity index (χ4n) is 1.92. The van der Waals surface area contributed by atoms with Crippen molar-refractivity contribution < 1.29 is 5.11 Å². The lowest BCUT2D eigenvalue weighted by atomic mass is 9.86. The van der Waals surface area contributed by atoms with E-state index < -0.39 is 0 Å². The summed E-state index contributed by atoms with van der Waals surface area (Å²) in [4.78, 5) is 0. The van der Waals surface area contributed by atoms with Crippen LogP contribution in [0.15, 0.2) is 23.5 Å². The lowest BCUT2D eigenvalue weighted by Crippen LogP contribution is -2.06. The van der Waals surface area contributed by atoms with Crippen LogP contribution in [0.1, 0.15) is 67.7 Å². The average molecular weight is 240 g/mol. The van der Waals surface area contributed by atoms with Crippen LogP contribution >= 0.6 is 0 Å². The molecule has 102 valence electrons. The Morgan fingerprint density at radius 3 is 1.94 bits per heavy atom. The quantitative estimate of drug-likeness (QED) is 0.454. The molecule has 1 nitrogen and oxygen atoms in total. The van der Waals surface area contributed by atoms with Gasteiger partial charge in [-0.25, -0.2) is 0 Å². The van der Waals surface area contributed by atoms with Crippen LogP contribution in [0.5, 0.6) is 0 Å². The Labute approximate surface area is 109 Å². The van der Waals surface area contributed by atoms with Crippen LogP contribution in [0.4, 0.5) is 0 Å². The summed E-state index contributed by atoms with van der Waals surface area (Å²) in [6.45, 7) is 14.7. The maximum absolute atomic E-state index is 9.15. The van der Waals surface area contributed by atoms with E-state index in [4.69, 9.17) is 5.11 Å². The smallest absolute Gasteiger partial charge is 0.0891 e. The highest BCUT2D eigenvalue weighted by molar-refractivity contribution is 5.16. The van der Waals surface area contributed by atoms with Crippen molar-refractivity contribution in [3.63, 3.8) is 0 Å². The van der Waals surface area contributed by atoms with Gasteiger partial charge in [0.1, 0.15) is 0 Å². The monoisotopic (exact) mass is 240 g/mol. The minimum atomic E-state index is 0.389. The van der Waals surface area contributed by atoms with Crippen LogP contribution < -0.4 is 0 Å². The van der Waals surface area contributed by atoms with Crippen molar-refractivity contribution in [1.82, 2.24) is 0 Å². The number of rotatable bonds is 6. The van der Waals surface area contributed by atoms with E-state index in [-0.39, 0.29) is 0 Å². The zero-order valence-corrected chi connectivity index (χ0v) is 12.9. The summed E-state index contributed by atoms with van der Waals surface area (Å²) in [5.74, 6) is 1.80. The summed E-state index contributed by atoms with van der Waals surface area (Å²) in [5, 5.41) is 9.15. The second-order valence-electron chi connectivity index (χ2n) is 4.64. The molecular formula is C16H32O. The molecule has 0 aliphatic rings. The van der Waals surface area contributed by atoms with Crippen LogP contribution in [0.2, 0.25) is 0 Å². The van der Waals surface area contributed by atoms with Crippen LogP contribution in [0, 0.1) is 11.8 Å². The van der Waals surface area contributed by atoms with Crippen LogP contribution in [0.25, 0.3) is 0 Å². The molecule has 0 aromatic heterocycles. The van der Waals surface area contributed by atoms with Gasteiger partial charge in [0.15, 0.2) is 0 Å². The minimum absolute atomic E-state index is 0.389. The minimum Gasteiger partial charge on any atom is -0.513 e. The van der Waals surface area contributed by atoms with Crippen molar-refractivity contribution in [2.75, 3.05) is 0 Å². The highest BCUT2D eigenvalue weighted by Gasteiger charge is 2.11. The van der Waals surface area contributed by atoms with Crippen molar-refractivity contribution >= 4 is 0 Å². The molecule has 0 aliphatic carbocycles. The van der Waals surface area contributed by atoms with E-state index in [2.05, 4.69) is 33.8 Å². The first-order valence-electron chi connectivity index (χ1n) is 7.07. The van der Waals surface area contributed by atoms with Gasteiger partial charge >= 0.3 is 0 Å². The third-order valence-corrected chi connectivity index (χ3v) is 2.72. The first-order chi connectivity index (χ1) is 8.01. The van der Waals surface area contributed by atoms with E-state index in [1.165, 1.54) is 18.4 Å². The topological polar surface area (TPSA) is 20.2 Å². The predicted molar refractivity (Wildman–Crippen MR) is 79.3 cm³/mol. The molecule has 0 spiro atoms. The van der Waals surface area contributed by atoms with E-state index in [0.717, 1.165) is 12.3 Å². The Morgan fingerprint density at radius 2 is 1.65 bits per heavy atom. The Kier molecular flexibility index (Phi) is 12.9. The summed E-state index contributed by atoms with van der Waals surface area (Å²) in [5.41, 5.74) is 1.46. The van der Waals surface area contributed by atoms with Crippen molar-refractivity contribution in [2.24, 2.45) is 11.8 Å². The molecule has 0 bridgehead atoms. The Balaban J connectivity index is 0. The SMILES string of the molecule is CC.CC/C(=C\C=C(/C)O)C(CC)CC(C)C. The third kappa shape index (κ3) is 10.2. The molecule has 1 heteroatoms. The van der Waals surface area contributed by atoms with E-state index in [1.54, 1.807) is 6.92 Å². The van der Waals surface area contributed by atoms with E-state index in [9.17, 15) is 0 Å². The highest BCUT2D eigenvalue weighted by Crippen LogP contribution is 2.25. The second-order valence-corrected chi connectivity index (χ2v) is 4.64. The lowest BCUT2D eigenvalue weighted by Gasteiger charge is -2.19. The van der Waals surface area contributed by atoms with Crippen LogP contribution in [0.3, 0.4) is 0 Å². The molecule has 1 unspecified atom stereocenters. The second kappa shape index (κ2) is 11.8. The Morgan fingerprint density at radius 1 is 1.12 bits per heavy atom. The summed E-state index contributed by atoms with van der Waals surface area (Å²) in [6.07, 6.45) is 7.41. The van der Waals surface area contributed by atoms with Gasteiger partial charge in [-0.05, 0) is 44.1 Å². The number of aliphatic hydroxyl groups excluding tert-OH is 1. The number of hydrogen-bond donors (Lipinski definition) is 1. The molecule has 17 heavy (non-hydrogen) atoms. The van der Waals surface area contributed by atoms with Gasteiger partial charge in [0, 0.05) is 0 Å². The molecule has 0 saturated heterocycles. The predicted octanol–water partition coefficient (Wildman–Crippen LogP) is 5.88. The summed E-state index contributed by atoms with van der Waals surface area (Å²) in [6, 6.07) is 0. The molecule has 0 fully saturated rings. The van der Waals surface area contributed by atoms with E-state index >= 15 is 0 Å². The van der Waals surface area contributed by atoms with Gasteiger partial charge in [-0.3, -0.25) is 0 Å². The van der Waals surface area contributed by atoms with E-state index in [0.29, 0.717) is 11.7 Å². The van der Waals surface area contributed by atoms with Crippen molar-refractivity contribution in [2.45, 2.75) is 67.7 Å². The van der Waals surface area contributed by atoms with Gasteiger partial charge in [-0.2, -0.15) is 0 Å². The molecule has 1 atom stereocenters. The van der Waals surface area contributed by atoms with Crippen molar-refractivity contribution in [3.05, 3.63) is 23.5 Å². The molecule has 1 N–H and O–H groups in total. The van der Waals surface area contributed by atoms with Gasteiger partial charge in [0.25, 0.3) is 0 Å². The lowest BCUT2D eigenvalue weighted by molar-refractivity contribution is 0.413. The van der Waals surface area contributed by atoms with Gasteiger partial charge in [-0.15, -0.1) is 0 Å². The fourth-order valence-corrected chi connectivity index (χ4v) is 1.92. The number of aliphatic hydroxyl groups is 1. The fraction of sp³-hybridized carbons (Fsp3) is 0.750. The van der Waals surface area contributed by atoms with Gasteiger partial charge in [-0.1, -0.05) is 53.2 Å². The van der Waals surface area contributed by atoms with Gasteiger partial charge < -0.3 is 5.11 Å². The normalized spacial score (nSPS) is 14.4. The maximum Gasteiger partial charge on any atom is 0.0891 e. The summed E-state index contributed by atoms with van der Waals surface area (Å²) >= 11 is 0. The number of allylic oxidation sites excluding steroid dienone is 4. The van der Waals surface area contributed by atoms with Crippen LogP contribution in [-0.2, 0) is 0 Å². The molecule has 0 aromatic rings. The Hall–Kier alpha value is -0.720. The molecule has 0 heterocycles. The zero-order chi connectivity index (χ0) is 13.8. The molecular weight excluding hydrogens is 208 g/mol. The van der Waals surface area contributed by atoms with E-state index in [1.807, 2.05) is 19.9 Å². The van der Waals surface area contributed by atoms with Crippen LogP contribution in [-0.4, -0.2) is 5.11 Å². The standard InChI is InChI=1S/C14H26O.C2H6/c1-6-13(9-8-12(5)15)14(7-2)10-11(3)4;1-2/h8-9,11,14-15H,6-7,10H2,1-5H3;1-2H3/b12-8+,13-9+;. The Bertz CT molecular complexity index is 220. The van der Waals surface area contributed by atoms with Gasteiger partial charge in [0.2, 0.25) is 0 Å². The molecule has 0 radical (unpaired) electrons. The third-order valence-electron chi connectivity index (χ3n) is 2.72. The molecule has 0 saturated carbocycles. The molecule has 0 amide bonds.